The number of aryl methyl sites for hydroxylation is 1. The lowest BCUT2D eigenvalue weighted by molar-refractivity contribution is 0.171. The zero-order chi connectivity index (χ0) is 23.5. The molecule has 0 bridgehead atoms. The molecule has 5 rings (SSSR count). The van der Waals surface area contributed by atoms with Crippen molar-refractivity contribution in [3.05, 3.63) is 88.5 Å². The van der Waals surface area contributed by atoms with Crippen LogP contribution >= 0.6 is 0 Å². The van der Waals surface area contributed by atoms with Crippen LogP contribution in [0.2, 0.25) is 0 Å². The Morgan fingerprint density at radius 1 is 1.03 bits per heavy atom. The second-order valence-electron chi connectivity index (χ2n) is 7.74. The Labute approximate surface area is 194 Å². The van der Waals surface area contributed by atoms with Crippen molar-refractivity contribution >= 4 is 23.1 Å². The number of urea groups is 1. The first kappa shape index (κ1) is 21.3. The highest BCUT2D eigenvalue weighted by atomic mass is 16.6. The van der Waals surface area contributed by atoms with Crippen LogP contribution in [0.3, 0.4) is 0 Å². The van der Waals surface area contributed by atoms with E-state index in [1.165, 1.54) is 10.5 Å². The van der Waals surface area contributed by atoms with Gasteiger partial charge >= 0.3 is 6.03 Å². The fourth-order valence-corrected chi connectivity index (χ4v) is 3.58. The molecule has 1 aliphatic heterocycles. The van der Waals surface area contributed by atoms with Gasteiger partial charge in [-0.15, -0.1) is 0 Å². The number of carbonyl (C=O) groups excluding carboxylic acids is 1. The third-order valence-electron chi connectivity index (χ3n) is 5.19. The zero-order valence-electron chi connectivity index (χ0n) is 18.4. The summed E-state index contributed by atoms with van der Waals surface area (Å²) in [5, 5.41) is 5.57. The largest absolute Gasteiger partial charge is 0.486 e. The molecule has 0 atom stereocenters. The summed E-state index contributed by atoms with van der Waals surface area (Å²) in [6.07, 6.45) is 1.70. The molecule has 2 aromatic carbocycles. The minimum Gasteiger partial charge on any atom is -0.486 e. The quantitative estimate of drug-likeness (QED) is 0.469. The molecule has 0 saturated heterocycles. The van der Waals surface area contributed by atoms with Gasteiger partial charge in [-0.1, -0.05) is 12.1 Å². The lowest BCUT2D eigenvalue weighted by atomic mass is 10.2. The van der Waals surface area contributed by atoms with Crippen molar-refractivity contribution in [1.82, 2.24) is 9.38 Å². The van der Waals surface area contributed by atoms with E-state index >= 15 is 0 Å². The summed E-state index contributed by atoms with van der Waals surface area (Å²) in [6, 6.07) is 16.9. The van der Waals surface area contributed by atoms with E-state index in [-0.39, 0.29) is 12.2 Å². The minimum atomic E-state index is -0.440. The highest BCUT2D eigenvalue weighted by Gasteiger charge is 2.14. The SMILES string of the molecule is Cc1ccn2c(=O)cc(COc3ccccc3NC(=O)Nc3ccc4c(c3)OCCO4)nc2c1. The van der Waals surface area contributed by atoms with Gasteiger partial charge < -0.3 is 24.8 Å². The third-order valence-corrected chi connectivity index (χ3v) is 5.19. The number of nitrogens with zero attached hydrogens (tertiary/aromatic N) is 2. The van der Waals surface area contributed by atoms with Crippen molar-refractivity contribution in [2.45, 2.75) is 13.5 Å². The molecular weight excluding hydrogens is 436 g/mol. The van der Waals surface area contributed by atoms with Crippen LogP contribution < -0.4 is 30.4 Å². The third kappa shape index (κ3) is 4.63. The number of fused-ring (bicyclic) bond motifs is 2. The maximum absolute atomic E-state index is 12.6. The number of carbonyl (C=O) groups is 1. The van der Waals surface area contributed by atoms with Gasteiger partial charge in [0.15, 0.2) is 11.5 Å². The molecule has 2 aromatic heterocycles. The Hall–Kier alpha value is -4.53. The number of amides is 2. The standard InChI is InChI=1S/C25H22N4O5/c1-16-8-9-29-23(12-16)26-18(14-24(29)30)15-34-20-5-3-2-4-19(20)28-25(31)27-17-6-7-21-22(13-17)33-11-10-32-21/h2-9,12-14H,10-11,15H2,1H3,(H2,27,28,31). The summed E-state index contributed by atoms with van der Waals surface area (Å²) >= 11 is 0. The molecule has 4 aromatic rings. The Kier molecular flexibility index (Phi) is 5.73. The van der Waals surface area contributed by atoms with Gasteiger partial charge in [-0.05, 0) is 48.9 Å². The van der Waals surface area contributed by atoms with Crippen molar-refractivity contribution in [2.24, 2.45) is 0 Å². The highest BCUT2D eigenvalue weighted by molar-refractivity contribution is 6.00. The minimum absolute atomic E-state index is 0.0716. The second-order valence-corrected chi connectivity index (χ2v) is 7.74. The van der Waals surface area contributed by atoms with Gasteiger partial charge in [0.05, 0.1) is 11.4 Å². The van der Waals surface area contributed by atoms with Crippen molar-refractivity contribution in [2.75, 3.05) is 23.8 Å². The highest BCUT2D eigenvalue weighted by Crippen LogP contribution is 2.32. The van der Waals surface area contributed by atoms with E-state index in [9.17, 15) is 9.59 Å². The monoisotopic (exact) mass is 458 g/mol. The van der Waals surface area contributed by atoms with E-state index in [0.29, 0.717) is 53.2 Å². The number of pyridine rings is 1. The number of hydrogen-bond donors (Lipinski definition) is 2. The lowest BCUT2D eigenvalue weighted by Crippen LogP contribution is -2.21. The van der Waals surface area contributed by atoms with Gasteiger partial charge in [0, 0.05) is 24.0 Å². The predicted molar refractivity (Wildman–Crippen MR) is 127 cm³/mol. The van der Waals surface area contributed by atoms with Gasteiger partial charge in [-0.25, -0.2) is 9.78 Å². The molecule has 0 saturated carbocycles. The predicted octanol–water partition coefficient (Wildman–Crippen LogP) is 4.00. The summed E-state index contributed by atoms with van der Waals surface area (Å²) in [6.45, 7) is 2.97. The van der Waals surface area contributed by atoms with E-state index in [1.807, 2.05) is 19.1 Å². The van der Waals surface area contributed by atoms with E-state index in [2.05, 4.69) is 15.6 Å². The summed E-state index contributed by atoms with van der Waals surface area (Å²) in [7, 11) is 0. The molecule has 3 heterocycles. The van der Waals surface area contributed by atoms with E-state index in [1.54, 1.807) is 48.7 Å². The van der Waals surface area contributed by atoms with Gasteiger partial charge in [-0.2, -0.15) is 0 Å². The van der Waals surface area contributed by atoms with Crippen LogP contribution in [0.15, 0.2) is 71.7 Å². The van der Waals surface area contributed by atoms with Crippen molar-refractivity contribution in [3.8, 4) is 17.2 Å². The first-order valence-corrected chi connectivity index (χ1v) is 10.7. The van der Waals surface area contributed by atoms with Crippen LogP contribution in [0.25, 0.3) is 5.65 Å². The normalized spacial score (nSPS) is 12.3. The molecule has 2 amide bonds. The molecule has 0 spiro atoms. The molecular formula is C25H22N4O5. The smallest absolute Gasteiger partial charge is 0.323 e. The number of para-hydroxylation sites is 2. The summed E-state index contributed by atoms with van der Waals surface area (Å²) in [5.41, 5.74) is 2.90. The number of benzene rings is 2. The Morgan fingerprint density at radius 2 is 1.85 bits per heavy atom. The van der Waals surface area contributed by atoms with Crippen molar-refractivity contribution in [3.63, 3.8) is 0 Å². The van der Waals surface area contributed by atoms with Crippen LogP contribution in [-0.4, -0.2) is 28.6 Å². The fourth-order valence-electron chi connectivity index (χ4n) is 3.58. The van der Waals surface area contributed by atoms with Crippen molar-refractivity contribution < 1.29 is 19.0 Å². The van der Waals surface area contributed by atoms with Crippen LogP contribution in [0.5, 0.6) is 17.2 Å². The topological polar surface area (TPSA) is 103 Å². The molecule has 34 heavy (non-hydrogen) atoms. The molecule has 2 N–H and O–H groups in total. The Bertz CT molecular complexity index is 1430. The van der Waals surface area contributed by atoms with Gasteiger partial charge in [-0.3, -0.25) is 9.20 Å². The summed E-state index contributed by atoms with van der Waals surface area (Å²) in [5.74, 6) is 1.68. The molecule has 0 radical (unpaired) electrons. The summed E-state index contributed by atoms with van der Waals surface area (Å²) in [4.78, 5) is 29.5. The average Bonchev–Trinajstić information content (AvgIpc) is 2.83. The molecule has 0 unspecified atom stereocenters. The first-order chi connectivity index (χ1) is 16.5. The van der Waals surface area contributed by atoms with Gasteiger partial charge in [0.2, 0.25) is 0 Å². The van der Waals surface area contributed by atoms with E-state index in [0.717, 1.165) is 5.56 Å². The molecule has 0 fully saturated rings. The molecule has 9 nitrogen and oxygen atoms in total. The number of rotatable bonds is 5. The molecule has 9 heteroatoms. The zero-order valence-corrected chi connectivity index (χ0v) is 18.4. The lowest BCUT2D eigenvalue weighted by Gasteiger charge is -2.19. The number of hydrogen-bond acceptors (Lipinski definition) is 6. The number of anilines is 2. The number of aromatic nitrogens is 2. The fraction of sp³-hybridized carbons (Fsp3) is 0.160. The first-order valence-electron chi connectivity index (χ1n) is 10.7. The molecule has 172 valence electrons. The number of ether oxygens (including phenoxy) is 3. The molecule has 0 aliphatic carbocycles. The van der Waals surface area contributed by atoms with Crippen LogP contribution in [0.1, 0.15) is 11.3 Å². The van der Waals surface area contributed by atoms with Crippen LogP contribution in [0, 0.1) is 6.92 Å². The Morgan fingerprint density at radius 3 is 2.74 bits per heavy atom. The maximum atomic E-state index is 12.6. The van der Waals surface area contributed by atoms with Gasteiger partial charge in [0.25, 0.3) is 5.56 Å². The van der Waals surface area contributed by atoms with Crippen LogP contribution in [0.4, 0.5) is 16.2 Å². The second kappa shape index (κ2) is 9.14. The van der Waals surface area contributed by atoms with Crippen molar-refractivity contribution in [1.29, 1.82) is 0 Å². The van der Waals surface area contributed by atoms with Gasteiger partial charge in [0.1, 0.15) is 31.2 Å². The van der Waals surface area contributed by atoms with E-state index in [4.69, 9.17) is 14.2 Å². The molecule has 1 aliphatic rings. The van der Waals surface area contributed by atoms with Crippen LogP contribution in [-0.2, 0) is 6.61 Å². The van der Waals surface area contributed by atoms with E-state index < -0.39 is 6.03 Å². The Balaban J connectivity index is 1.28. The summed E-state index contributed by atoms with van der Waals surface area (Å²) < 4.78 is 18.4. The maximum Gasteiger partial charge on any atom is 0.323 e. The average molecular weight is 458 g/mol. The number of nitrogens with one attached hydrogen (secondary N) is 2.